The van der Waals surface area contributed by atoms with Crippen molar-refractivity contribution in [1.82, 2.24) is 4.90 Å². The van der Waals surface area contributed by atoms with Gasteiger partial charge in [-0.3, -0.25) is 0 Å². The first-order valence-corrected chi connectivity index (χ1v) is 9.11. The molecule has 0 saturated carbocycles. The SMILES string of the molecule is CN1CCC2(CC1)OCc1cc(-c3ccc4c(c3)CCO4)ccc1O2. The van der Waals surface area contributed by atoms with Gasteiger partial charge >= 0.3 is 0 Å². The number of hydrogen-bond donors (Lipinski definition) is 0. The molecule has 5 rings (SSSR count). The van der Waals surface area contributed by atoms with E-state index in [4.69, 9.17) is 14.2 Å². The highest BCUT2D eigenvalue weighted by Crippen LogP contribution is 2.39. The molecule has 4 nitrogen and oxygen atoms in total. The first-order chi connectivity index (χ1) is 12.2. The lowest BCUT2D eigenvalue weighted by molar-refractivity contribution is -0.226. The van der Waals surface area contributed by atoms with Gasteiger partial charge in [0.15, 0.2) is 0 Å². The van der Waals surface area contributed by atoms with Crippen molar-refractivity contribution in [2.75, 3.05) is 26.7 Å². The maximum atomic E-state index is 6.30. The van der Waals surface area contributed by atoms with Crippen LogP contribution in [0.5, 0.6) is 11.5 Å². The lowest BCUT2D eigenvalue weighted by Gasteiger charge is -2.43. The van der Waals surface area contributed by atoms with E-state index in [1.54, 1.807) is 0 Å². The number of nitrogens with zero attached hydrogens (tertiary/aromatic N) is 1. The van der Waals surface area contributed by atoms with Crippen molar-refractivity contribution in [3.8, 4) is 22.6 Å². The first-order valence-electron chi connectivity index (χ1n) is 9.11. The third kappa shape index (κ3) is 2.70. The number of likely N-dealkylation sites (tertiary alicyclic amines) is 1. The summed E-state index contributed by atoms with van der Waals surface area (Å²) in [5.41, 5.74) is 4.87. The molecule has 0 aliphatic carbocycles. The zero-order valence-electron chi connectivity index (χ0n) is 14.6. The predicted molar refractivity (Wildman–Crippen MR) is 96.0 cm³/mol. The van der Waals surface area contributed by atoms with Gasteiger partial charge in [0.25, 0.3) is 0 Å². The maximum Gasteiger partial charge on any atom is 0.213 e. The molecule has 0 bridgehead atoms. The van der Waals surface area contributed by atoms with E-state index in [-0.39, 0.29) is 0 Å². The third-order valence-electron chi connectivity index (χ3n) is 5.62. The van der Waals surface area contributed by atoms with Crippen LogP contribution in [0.25, 0.3) is 11.1 Å². The van der Waals surface area contributed by atoms with E-state index in [1.807, 2.05) is 0 Å². The number of piperidine rings is 1. The Morgan fingerprint density at radius 3 is 2.44 bits per heavy atom. The van der Waals surface area contributed by atoms with Gasteiger partial charge in [0.2, 0.25) is 5.79 Å². The van der Waals surface area contributed by atoms with Crippen LogP contribution in [0.4, 0.5) is 0 Å². The van der Waals surface area contributed by atoms with Gasteiger partial charge in [0.1, 0.15) is 11.5 Å². The summed E-state index contributed by atoms with van der Waals surface area (Å²) < 4.78 is 18.1. The lowest BCUT2D eigenvalue weighted by Crippen LogP contribution is -2.50. The van der Waals surface area contributed by atoms with E-state index in [0.717, 1.165) is 56.0 Å². The summed E-state index contributed by atoms with van der Waals surface area (Å²) in [4.78, 5) is 2.33. The van der Waals surface area contributed by atoms with Gasteiger partial charge in [0, 0.05) is 37.9 Å². The van der Waals surface area contributed by atoms with Gasteiger partial charge in [-0.05, 0) is 48.0 Å². The van der Waals surface area contributed by atoms with E-state index < -0.39 is 5.79 Å². The number of hydrogen-bond acceptors (Lipinski definition) is 4. The van der Waals surface area contributed by atoms with Crippen LogP contribution in [0.1, 0.15) is 24.0 Å². The Hall–Kier alpha value is -2.04. The van der Waals surface area contributed by atoms with Gasteiger partial charge in [-0.2, -0.15) is 0 Å². The summed E-state index contributed by atoms with van der Waals surface area (Å²) in [5, 5.41) is 0. The number of fused-ring (bicyclic) bond motifs is 2. The van der Waals surface area contributed by atoms with Crippen molar-refractivity contribution >= 4 is 0 Å². The molecule has 3 aliphatic heterocycles. The predicted octanol–water partition coefficient (Wildman–Crippen LogP) is 3.62. The molecule has 0 amide bonds. The van der Waals surface area contributed by atoms with E-state index in [9.17, 15) is 0 Å². The Balaban J connectivity index is 1.42. The van der Waals surface area contributed by atoms with Gasteiger partial charge in [-0.1, -0.05) is 12.1 Å². The fourth-order valence-electron chi connectivity index (χ4n) is 3.98. The van der Waals surface area contributed by atoms with Gasteiger partial charge in [0.05, 0.1) is 13.2 Å². The summed E-state index contributed by atoms with van der Waals surface area (Å²) in [6, 6.07) is 12.9. The third-order valence-corrected chi connectivity index (χ3v) is 5.62. The van der Waals surface area contributed by atoms with Crippen LogP contribution in [0, 0.1) is 0 Å². The van der Waals surface area contributed by atoms with E-state index >= 15 is 0 Å². The van der Waals surface area contributed by atoms with Crippen LogP contribution in [0.3, 0.4) is 0 Å². The minimum Gasteiger partial charge on any atom is -0.493 e. The molecule has 1 saturated heterocycles. The molecular formula is C21H23NO3. The molecule has 2 aromatic carbocycles. The highest BCUT2D eigenvalue weighted by atomic mass is 16.7. The van der Waals surface area contributed by atoms with Gasteiger partial charge in [-0.25, -0.2) is 0 Å². The van der Waals surface area contributed by atoms with Crippen molar-refractivity contribution in [2.45, 2.75) is 31.7 Å². The molecule has 1 spiro atoms. The highest BCUT2D eigenvalue weighted by molar-refractivity contribution is 5.68. The van der Waals surface area contributed by atoms with Crippen molar-refractivity contribution in [1.29, 1.82) is 0 Å². The summed E-state index contributed by atoms with van der Waals surface area (Å²) in [5.74, 6) is 1.58. The second-order valence-electron chi connectivity index (χ2n) is 7.35. The molecule has 0 unspecified atom stereocenters. The largest absolute Gasteiger partial charge is 0.493 e. The maximum absolute atomic E-state index is 6.30. The number of benzene rings is 2. The Morgan fingerprint density at radius 1 is 0.920 bits per heavy atom. The Morgan fingerprint density at radius 2 is 1.64 bits per heavy atom. The molecule has 0 aromatic heterocycles. The van der Waals surface area contributed by atoms with Crippen LogP contribution in [-0.2, 0) is 17.8 Å². The summed E-state index contributed by atoms with van der Waals surface area (Å²) in [6.45, 7) is 3.46. The van der Waals surface area contributed by atoms with E-state index in [1.165, 1.54) is 16.7 Å². The smallest absolute Gasteiger partial charge is 0.213 e. The lowest BCUT2D eigenvalue weighted by atomic mass is 9.98. The Bertz CT molecular complexity index is 809. The minimum atomic E-state index is -0.425. The molecule has 1 fully saturated rings. The van der Waals surface area contributed by atoms with Gasteiger partial charge in [-0.15, -0.1) is 0 Å². The van der Waals surface area contributed by atoms with Crippen molar-refractivity contribution in [3.63, 3.8) is 0 Å². The number of ether oxygens (including phenoxy) is 3. The molecule has 3 heterocycles. The standard InChI is InChI=1S/C21H23NO3/c1-22-9-7-21(8-10-22)24-14-18-13-16(3-5-20(18)25-21)15-2-4-19-17(12-15)6-11-23-19/h2-5,12-13H,6-11,14H2,1H3. The number of rotatable bonds is 1. The normalized spacial score (nSPS) is 21.3. The fourth-order valence-corrected chi connectivity index (χ4v) is 3.98. The second-order valence-corrected chi connectivity index (χ2v) is 7.35. The van der Waals surface area contributed by atoms with Crippen molar-refractivity contribution < 1.29 is 14.2 Å². The zero-order valence-corrected chi connectivity index (χ0v) is 14.6. The van der Waals surface area contributed by atoms with E-state index in [2.05, 4.69) is 48.3 Å². The zero-order chi connectivity index (χ0) is 16.9. The molecule has 0 atom stereocenters. The second kappa shape index (κ2) is 5.75. The van der Waals surface area contributed by atoms with Crippen LogP contribution in [0.15, 0.2) is 36.4 Å². The molecule has 0 N–H and O–H groups in total. The molecule has 130 valence electrons. The molecule has 3 aliphatic rings. The summed E-state index contributed by atoms with van der Waals surface area (Å²) >= 11 is 0. The summed E-state index contributed by atoms with van der Waals surface area (Å²) in [7, 11) is 2.15. The van der Waals surface area contributed by atoms with Crippen LogP contribution in [0.2, 0.25) is 0 Å². The topological polar surface area (TPSA) is 30.9 Å². The quantitative estimate of drug-likeness (QED) is 0.795. The Kier molecular flexibility index (Phi) is 3.50. The Labute approximate surface area is 148 Å². The fraction of sp³-hybridized carbons (Fsp3) is 0.429. The van der Waals surface area contributed by atoms with E-state index in [0.29, 0.717) is 6.61 Å². The summed E-state index contributed by atoms with van der Waals surface area (Å²) in [6.07, 6.45) is 2.85. The molecule has 25 heavy (non-hydrogen) atoms. The first kappa shape index (κ1) is 15.2. The molecule has 4 heteroatoms. The monoisotopic (exact) mass is 337 g/mol. The molecule has 0 radical (unpaired) electrons. The molecule has 2 aromatic rings. The minimum absolute atomic E-state index is 0.425. The highest BCUT2D eigenvalue weighted by Gasteiger charge is 2.40. The van der Waals surface area contributed by atoms with Crippen LogP contribution < -0.4 is 9.47 Å². The molecular weight excluding hydrogens is 314 g/mol. The van der Waals surface area contributed by atoms with Gasteiger partial charge < -0.3 is 19.1 Å². The average Bonchev–Trinajstić information content (AvgIpc) is 3.12. The van der Waals surface area contributed by atoms with Crippen LogP contribution in [-0.4, -0.2) is 37.4 Å². The van der Waals surface area contributed by atoms with Crippen LogP contribution >= 0.6 is 0 Å². The average molecular weight is 337 g/mol. The van der Waals surface area contributed by atoms with Crippen molar-refractivity contribution in [3.05, 3.63) is 47.5 Å². The van der Waals surface area contributed by atoms with Crippen molar-refractivity contribution in [2.24, 2.45) is 0 Å².